The monoisotopic (exact) mass is 564 g/mol. The van der Waals surface area contributed by atoms with Gasteiger partial charge in [-0.1, -0.05) is 0 Å². The van der Waals surface area contributed by atoms with E-state index in [4.69, 9.17) is 27.4 Å². The van der Waals surface area contributed by atoms with Crippen LogP contribution in [0.25, 0.3) is 0 Å². The fourth-order valence-corrected chi connectivity index (χ4v) is 3.05. The molecule has 0 rings (SSSR count). The largest absolute Gasteiger partial charge is 0.481 e. The molecule has 0 aromatic heterocycles. The third kappa shape index (κ3) is 13.8. The number of amides is 4. The highest BCUT2D eigenvalue weighted by atomic mass is 32.1. The summed E-state index contributed by atoms with van der Waals surface area (Å²) in [5, 5.41) is 36.0. The molecule has 38 heavy (non-hydrogen) atoms. The van der Waals surface area contributed by atoms with Gasteiger partial charge in [-0.25, -0.2) is 4.79 Å². The third-order valence-corrected chi connectivity index (χ3v) is 4.97. The molecule has 4 amide bonds. The molecule has 0 aliphatic rings. The Morgan fingerprint density at radius 1 is 0.737 bits per heavy atom. The van der Waals surface area contributed by atoms with Crippen LogP contribution in [-0.4, -0.2) is 106 Å². The first-order chi connectivity index (χ1) is 17.7. The normalized spacial score (nSPS) is 13.5. The lowest BCUT2D eigenvalue weighted by molar-refractivity contribution is -0.145. The Labute approximate surface area is 221 Å². The second kappa shape index (κ2) is 17.3. The summed E-state index contributed by atoms with van der Waals surface area (Å²) in [4.78, 5) is 87.0. The zero-order valence-corrected chi connectivity index (χ0v) is 21.0. The summed E-state index contributed by atoms with van der Waals surface area (Å²) in [6.45, 7) is -0.416. The first-order valence-corrected chi connectivity index (χ1v) is 11.6. The average Bonchev–Trinajstić information content (AvgIpc) is 2.81. The van der Waals surface area contributed by atoms with Gasteiger partial charge >= 0.3 is 17.9 Å². The molecule has 19 heteroatoms. The van der Waals surface area contributed by atoms with Crippen LogP contribution in [-0.2, 0) is 33.6 Å². The SMILES string of the molecule is NCC(=O)N[C@@H](CS)C(=O)N[C@@H](CC(=O)O)C(=O)N[C@@H](CC(=O)O)C(=O)N[C@@H](CCCN=C(N)N)C(=O)O. The fraction of sp³-hybridized carbons (Fsp3) is 0.579. The van der Waals surface area contributed by atoms with Gasteiger partial charge in [-0.05, 0) is 12.8 Å². The van der Waals surface area contributed by atoms with Gasteiger partial charge in [0.05, 0.1) is 19.4 Å². The minimum atomic E-state index is -1.84. The van der Waals surface area contributed by atoms with Crippen molar-refractivity contribution in [1.29, 1.82) is 0 Å². The van der Waals surface area contributed by atoms with Crippen molar-refractivity contribution in [2.45, 2.75) is 49.9 Å². The highest BCUT2D eigenvalue weighted by molar-refractivity contribution is 7.80. The van der Waals surface area contributed by atoms with Crippen molar-refractivity contribution >= 4 is 60.1 Å². The number of rotatable bonds is 18. The van der Waals surface area contributed by atoms with E-state index in [-0.39, 0.29) is 31.1 Å². The maximum Gasteiger partial charge on any atom is 0.326 e. The first kappa shape index (κ1) is 33.9. The molecule has 214 valence electrons. The van der Waals surface area contributed by atoms with Crippen LogP contribution >= 0.6 is 12.6 Å². The number of nitrogens with one attached hydrogen (secondary N) is 4. The molecule has 0 unspecified atom stereocenters. The van der Waals surface area contributed by atoms with Gasteiger partial charge in [0.1, 0.15) is 24.2 Å². The van der Waals surface area contributed by atoms with Crippen LogP contribution in [0.5, 0.6) is 0 Å². The van der Waals surface area contributed by atoms with Gasteiger partial charge in [-0.15, -0.1) is 0 Å². The molecule has 0 radical (unpaired) electrons. The van der Waals surface area contributed by atoms with Crippen molar-refractivity contribution in [2.24, 2.45) is 22.2 Å². The Morgan fingerprint density at radius 3 is 1.55 bits per heavy atom. The number of aliphatic carboxylic acids is 3. The van der Waals surface area contributed by atoms with E-state index in [1.807, 2.05) is 5.32 Å². The van der Waals surface area contributed by atoms with Gasteiger partial charge < -0.3 is 53.8 Å². The number of carbonyl (C=O) groups excluding carboxylic acids is 4. The minimum absolute atomic E-state index is 0.0485. The number of hydrogen-bond acceptors (Lipinski definition) is 10. The predicted octanol–water partition coefficient (Wildman–Crippen LogP) is -5.10. The lowest BCUT2D eigenvalue weighted by Gasteiger charge is -2.24. The zero-order chi connectivity index (χ0) is 29.4. The molecule has 13 N–H and O–H groups in total. The minimum Gasteiger partial charge on any atom is -0.481 e. The van der Waals surface area contributed by atoms with Crippen LogP contribution in [0.4, 0.5) is 0 Å². The van der Waals surface area contributed by atoms with Crippen molar-refractivity contribution in [3.63, 3.8) is 0 Å². The van der Waals surface area contributed by atoms with Gasteiger partial charge in [0, 0.05) is 12.3 Å². The van der Waals surface area contributed by atoms with E-state index in [0.717, 1.165) is 0 Å². The number of guanidine groups is 1. The number of thiol groups is 1. The summed E-state index contributed by atoms with van der Waals surface area (Å²) < 4.78 is 0. The highest BCUT2D eigenvalue weighted by Crippen LogP contribution is 2.04. The quantitative estimate of drug-likeness (QED) is 0.0321. The van der Waals surface area contributed by atoms with Crippen LogP contribution in [0.15, 0.2) is 4.99 Å². The molecule has 18 nitrogen and oxygen atoms in total. The first-order valence-electron chi connectivity index (χ1n) is 10.9. The summed E-state index contributed by atoms with van der Waals surface area (Å²) in [6.07, 6.45) is -2.00. The van der Waals surface area contributed by atoms with E-state index in [1.54, 1.807) is 0 Å². The topological polar surface area (TPSA) is 319 Å². The number of carbonyl (C=O) groups is 7. The Hall–Kier alpha value is -4.13. The maximum absolute atomic E-state index is 12.8. The number of nitrogens with zero attached hydrogens (tertiary/aromatic N) is 1. The van der Waals surface area contributed by atoms with Gasteiger partial charge in [0.2, 0.25) is 23.6 Å². The van der Waals surface area contributed by atoms with Crippen LogP contribution < -0.4 is 38.5 Å². The molecule has 0 spiro atoms. The van der Waals surface area contributed by atoms with Crippen LogP contribution in [0.1, 0.15) is 25.7 Å². The van der Waals surface area contributed by atoms with E-state index in [2.05, 4.69) is 33.6 Å². The molecule has 0 bridgehead atoms. The average molecular weight is 565 g/mol. The standard InChI is InChI=1S/C19H32N8O10S/c20-6-12(28)24-11(7-38)17(35)27-10(5-14(31)32)16(34)26-9(4-13(29)30)15(33)25-8(18(36)37)2-1-3-23-19(21)22/h8-11,38H,1-7,20H2,(H,24,28)(H,25,33)(H,26,34)(H,27,35)(H,29,30)(H,31,32)(H,36,37)(H4,21,22,23)/t8-,9-,10-,11-/m0/s1. The molecule has 0 aliphatic heterocycles. The van der Waals surface area contributed by atoms with Gasteiger partial charge in [0.15, 0.2) is 5.96 Å². The molecule has 0 saturated carbocycles. The van der Waals surface area contributed by atoms with E-state index in [1.165, 1.54) is 0 Å². The summed E-state index contributed by atoms with van der Waals surface area (Å²) in [5.74, 6) is -9.22. The van der Waals surface area contributed by atoms with Gasteiger partial charge in [-0.3, -0.25) is 33.8 Å². The fourth-order valence-electron chi connectivity index (χ4n) is 2.79. The van der Waals surface area contributed by atoms with Gasteiger partial charge in [-0.2, -0.15) is 12.6 Å². The molecule has 0 heterocycles. The Bertz CT molecular complexity index is 927. The van der Waals surface area contributed by atoms with Crippen LogP contribution in [0, 0.1) is 0 Å². The number of aliphatic imine (C=N–C) groups is 1. The van der Waals surface area contributed by atoms with E-state index < -0.39 is 85.1 Å². The third-order valence-electron chi connectivity index (χ3n) is 4.60. The van der Waals surface area contributed by atoms with Gasteiger partial charge in [0.25, 0.3) is 0 Å². The summed E-state index contributed by atoms with van der Waals surface area (Å²) in [6, 6.07) is -6.45. The van der Waals surface area contributed by atoms with Crippen LogP contribution in [0.2, 0.25) is 0 Å². The summed E-state index contributed by atoms with van der Waals surface area (Å²) >= 11 is 3.90. The summed E-state index contributed by atoms with van der Waals surface area (Å²) in [7, 11) is 0. The molecule has 4 atom stereocenters. The number of hydrogen-bond donors (Lipinski definition) is 11. The molecule has 0 aliphatic carbocycles. The Kier molecular flexibility index (Phi) is 15.5. The van der Waals surface area contributed by atoms with E-state index in [9.17, 15) is 38.7 Å². The highest BCUT2D eigenvalue weighted by Gasteiger charge is 2.33. The molecular formula is C19H32N8O10S. The van der Waals surface area contributed by atoms with E-state index in [0.29, 0.717) is 0 Å². The molecule has 0 fully saturated rings. The Morgan fingerprint density at radius 2 is 1.18 bits per heavy atom. The number of nitrogens with two attached hydrogens (primary N) is 3. The van der Waals surface area contributed by atoms with Crippen molar-refractivity contribution in [3.05, 3.63) is 0 Å². The smallest absolute Gasteiger partial charge is 0.326 e. The molecule has 0 saturated heterocycles. The second-order valence-electron chi connectivity index (χ2n) is 7.67. The van der Waals surface area contributed by atoms with Crippen molar-refractivity contribution in [3.8, 4) is 0 Å². The lowest BCUT2D eigenvalue weighted by atomic mass is 10.1. The second-order valence-corrected chi connectivity index (χ2v) is 8.04. The molecule has 0 aromatic rings. The summed E-state index contributed by atoms with van der Waals surface area (Å²) in [5.41, 5.74) is 15.5. The Balaban J connectivity index is 5.61. The number of carboxylic acid groups (broad SMARTS) is 3. The van der Waals surface area contributed by atoms with Crippen molar-refractivity contribution in [1.82, 2.24) is 21.3 Å². The lowest BCUT2D eigenvalue weighted by Crippen LogP contribution is -2.59. The molecular weight excluding hydrogens is 532 g/mol. The zero-order valence-electron chi connectivity index (χ0n) is 20.1. The number of carboxylic acids is 3. The predicted molar refractivity (Wildman–Crippen MR) is 133 cm³/mol. The molecule has 0 aromatic carbocycles. The van der Waals surface area contributed by atoms with Crippen molar-refractivity contribution < 1.29 is 48.9 Å². The van der Waals surface area contributed by atoms with Crippen molar-refractivity contribution in [2.75, 3.05) is 18.8 Å². The maximum atomic E-state index is 12.8. The van der Waals surface area contributed by atoms with Crippen LogP contribution in [0.3, 0.4) is 0 Å². The van der Waals surface area contributed by atoms with E-state index >= 15 is 0 Å².